The number of rotatable bonds is 4. The van der Waals surface area contributed by atoms with E-state index in [2.05, 4.69) is 10.9 Å². The van der Waals surface area contributed by atoms with Crippen LogP contribution >= 0.6 is 11.6 Å². The topological polar surface area (TPSA) is 83.4 Å². The van der Waals surface area contributed by atoms with E-state index in [-0.39, 0.29) is 11.5 Å². The van der Waals surface area contributed by atoms with E-state index >= 15 is 0 Å². The molecule has 0 saturated carbocycles. The van der Waals surface area contributed by atoms with E-state index < -0.39 is 11.8 Å². The molecule has 1 fully saturated rings. The number of aromatic nitrogens is 1. The van der Waals surface area contributed by atoms with Crippen LogP contribution in [0.3, 0.4) is 0 Å². The van der Waals surface area contributed by atoms with Gasteiger partial charge in [-0.05, 0) is 56.7 Å². The first kappa shape index (κ1) is 21.6. The minimum atomic E-state index is -0.526. The Morgan fingerprint density at radius 1 is 0.938 bits per heavy atom. The number of nitrogens with one attached hydrogen (secondary N) is 2. The van der Waals surface area contributed by atoms with Crippen molar-refractivity contribution >= 4 is 35.0 Å². The zero-order valence-corrected chi connectivity index (χ0v) is 18.6. The van der Waals surface area contributed by atoms with Crippen molar-refractivity contribution in [3.8, 4) is 5.69 Å². The van der Waals surface area contributed by atoms with Gasteiger partial charge in [-0.25, -0.2) is 0 Å². The molecule has 1 aliphatic heterocycles. The minimum absolute atomic E-state index is 0.0568. The highest BCUT2D eigenvalue weighted by Gasteiger charge is 2.26. The summed E-state index contributed by atoms with van der Waals surface area (Å²) in [6, 6.07) is 16.2. The van der Waals surface area contributed by atoms with Gasteiger partial charge in [-0.3, -0.25) is 25.2 Å². The van der Waals surface area contributed by atoms with Gasteiger partial charge in [-0.1, -0.05) is 29.8 Å². The van der Waals surface area contributed by atoms with Gasteiger partial charge in [0.2, 0.25) is 5.91 Å². The maximum absolute atomic E-state index is 12.8. The Hall–Kier alpha value is -3.58. The molecule has 3 amide bonds. The Morgan fingerprint density at radius 3 is 2.28 bits per heavy atom. The number of hydrazine groups is 1. The summed E-state index contributed by atoms with van der Waals surface area (Å²) in [6.07, 6.45) is 1.15. The van der Waals surface area contributed by atoms with E-state index in [9.17, 15) is 14.4 Å². The second-order valence-electron chi connectivity index (χ2n) is 7.67. The molecular formula is C24H23ClN4O3. The van der Waals surface area contributed by atoms with Crippen molar-refractivity contribution in [1.29, 1.82) is 0 Å². The molecule has 0 radical (unpaired) electrons. The zero-order chi connectivity index (χ0) is 22.8. The summed E-state index contributed by atoms with van der Waals surface area (Å²) in [5.74, 6) is -1.01. The molecule has 0 unspecified atom stereocenters. The first-order chi connectivity index (χ1) is 15.4. The molecule has 3 aromatic rings. The molecule has 164 valence electrons. The zero-order valence-electron chi connectivity index (χ0n) is 17.8. The van der Waals surface area contributed by atoms with E-state index in [0.717, 1.165) is 23.5 Å². The van der Waals surface area contributed by atoms with Gasteiger partial charge in [0, 0.05) is 35.1 Å². The first-order valence-corrected chi connectivity index (χ1v) is 10.7. The number of amides is 3. The lowest BCUT2D eigenvalue weighted by molar-refractivity contribution is -0.117. The Bertz CT molecular complexity index is 1200. The van der Waals surface area contributed by atoms with Crippen LogP contribution in [0.1, 0.15) is 44.9 Å². The van der Waals surface area contributed by atoms with Crippen LogP contribution in [0.25, 0.3) is 5.69 Å². The Balaban J connectivity index is 1.52. The van der Waals surface area contributed by atoms with Gasteiger partial charge in [0.25, 0.3) is 11.8 Å². The molecule has 1 aliphatic rings. The van der Waals surface area contributed by atoms with Gasteiger partial charge in [-0.2, -0.15) is 0 Å². The van der Waals surface area contributed by atoms with Crippen molar-refractivity contribution < 1.29 is 14.4 Å². The summed E-state index contributed by atoms with van der Waals surface area (Å²) in [7, 11) is 0. The molecule has 2 heterocycles. The largest absolute Gasteiger partial charge is 0.318 e. The number of carbonyl (C=O) groups is 3. The van der Waals surface area contributed by atoms with Crippen molar-refractivity contribution in [2.24, 2.45) is 0 Å². The fourth-order valence-electron chi connectivity index (χ4n) is 4.04. The Morgan fingerprint density at radius 2 is 1.62 bits per heavy atom. The molecular weight excluding hydrogens is 428 g/mol. The number of hydrogen-bond acceptors (Lipinski definition) is 3. The SMILES string of the molecule is Cc1cc(C(=O)NNC(=O)c2ccc(Cl)cc2N2CCCC2=O)c(C)n1-c1ccccc1. The summed E-state index contributed by atoms with van der Waals surface area (Å²) in [5, 5.41) is 0.425. The van der Waals surface area contributed by atoms with Gasteiger partial charge in [0.1, 0.15) is 0 Å². The van der Waals surface area contributed by atoms with Gasteiger partial charge < -0.3 is 9.47 Å². The molecule has 0 spiro atoms. The lowest BCUT2D eigenvalue weighted by atomic mass is 10.1. The summed E-state index contributed by atoms with van der Waals surface area (Å²) in [4.78, 5) is 39.4. The molecule has 1 saturated heterocycles. The number of para-hydroxylation sites is 1. The second kappa shape index (κ2) is 8.88. The molecule has 1 aromatic heterocycles. The number of benzene rings is 2. The predicted octanol–water partition coefficient (Wildman–Crippen LogP) is 3.95. The van der Waals surface area contributed by atoms with Crippen molar-refractivity contribution in [3.05, 3.63) is 82.1 Å². The molecule has 2 aromatic carbocycles. The highest BCUT2D eigenvalue weighted by Crippen LogP contribution is 2.28. The maximum atomic E-state index is 12.8. The summed E-state index contributed by atoms with van der Waals surface area (Å²) in [6.45, 7) is 4.30. The summed E-state index contributed by atoms with van der Waals surface area (Å²) in [5.41, 5.74) is 8.72. The second-order valence-corrected chi connectivity index (χ2v) is 8.11. The van der Waals surface area contributed by atoms with Gasteiger partial charge in [-0.15, -0.1) is 0 Å². The van der Waals surface area contributed by atoms with Gasteiger partial charge in [0.15, 0.2) is 0 Å². The van der Waals surface area contributed by atoms with E-state index in [1.54, 1.807) is 29.2 Å². The molecule has 8 heteroatoms. The van der Waals surface area contributed by atoms with E-state index in [0.29, 0.717) is 29.2 Å². The lowest BCUT2D eigenvalue weighted by Crippen LogP contribution is -2.42. The Kier molecular flexibility index (Phi) is 6.01. The average Bonchev–Trinajstić information content (AvgIpc) is 3.34. The number of nitrogens with zero attached hydrogens (tertiary/aromatic N) is 2. The van der Waals surface area contributed by atoms with Crippen molar-refractivity contribution in [3.63, 3.8) is 0 Å². The van der Waals surface area contributed by atoms with Crippen LogP contribution in [0, 0.1) is 13.8 Å². The highest BCUT2D eigenvalue weighted by atomic mass is 35.5. The van der Waals surface area contributed by atoms with Crippen molar-refractivity contribution in [2.75, 3.05) is 11.4 Å². The Labute approximate surface area is 190 Å². The van der Waals surface area contributed by atoms with Crippen molar-refractivity contribution in [2.45, 2.75) is 26.7 Å². The van der Waals surface area contributed by atoms with E-state index in [1.165, 1.54) is 0 Å². The minimum Gasteiger partial charge on any atom is -0.318 e. The standard InChI is InChI=1S/C24H23ClN4O3/c1-15-13-20(16(2)29(15)18-7-4-3-5-8-18)24(32)27-26-23(31)19-11-10-17(25)14-21(19)28-12-6-9-22(28)30/h3-5,7-8,10-11,13-14H,6,9,12H2,1-2H3,(H,26,31)(H,27,32). The van der Waals surface area contributed by atoms with Crippen LogP contribution in [0.2, 0.25) is 5.02 Å². The number of halogens is 1. The van der Waals surface area contributed by atoms with Crippen LogP contribution in [-0.2, 0) is 4.79 Å². The molecule has 0 bridgehead atoms. The van der Waals surface area contributed by atoms with Crippen LogP contribution in [0.15, 0.2) is 54.6 Å². The maximum Gasteiger partial charge on any atom is 0.271 e. The van der Waals surface area contributed by atoms with Crippen LogP contribution in [-0.4, -0.2) is 28.8 Å². The number of aryl methyl sites for hydroxylation is 1. The highest BCUT2D eigenvalue weighted by molar-refractivity contribution is 6.31. The molecule has 4 rings (SSSR count). The molecule has 7 nitrogen and oxygen atoms in total. The number of hydrogen-bond donors (Lipinski definition) is 2. The fraction of sp³-hybridized carbons (Fsp3) is 0.208. The smallest absolute Gasteiger partial charge is 0.271 e. The summed E-state index contributed by atoms with van der Waals surface area (Å²) >= 11 is 6.10. The van der Waals surface area contributed by atoms with E-state index in [4.69, 9.17) is 11.6 Å². The molecule has 0 atom stereocenters. The van der Waals surface area contributed by atoms with Crippen molar-refractivity contribution in [1.82, 2.24) is 15.4 Å². The third-order valence-corrected chi connectivity index (χ3v) is 5.78. The third kappa shape index (κ3) is 4.11. The molecule has 32 heavy (non-hydrogen) atoms. The fourth-order valence-corrected chi connectivity index (χ4v) is 4.20. The van der Waals surface area contributed by atoms with Crippen LogP contribution in [0.5, 0.6) is 0 Å². The lowest BCUT2D eigenvalue weighted by Gasteiger charge is -2.20. The monoisotopic (exact) mass is 450 g/mol. The average molecular weight is 451 g/mol. The molecule has 2 N–H and O–H groups in total. The van der Waals surface area contributed by atoms with Gasteiger partial charge in [0.05, 0.1) is 16.8 Å². The van der Waals surface area contributed by atoms with Crippen LogP contribution < -0.4 is 15.8 Å². The quantitative estimate of drug-likeness (QED) is 0.590. The van der Waals surface area contributed by atoms with Gasteiger partial charge >= 0.3 is 0 Å². The number of anilines is 1. The summed E-state index contributed by atoms with van der Waals surface area (Å²) < 4.78 is 1.98. The molecule has 0 aliphatic carbocycles. The third-order valence-electron chi connectivity index (χ3n) is 5.55. The predicted molar refractivity (Wildman–Crippen MR) is 123 cm³/mol. The van der Waals surface area contributed by atoms with E-state index in [1.807, 2.05) is 48.7 Å². The normalized spacial score (nSPS) is 13.3. The first-order valence-electron chi connectivity index (χ1n) is 10.3. The number of carbonyl (C=O) groups excluding carboxylic acids is 3. The van der Waals surface area contributed by atoms with Crippen LogP contribution in [0.4, 0.5) is 5.69 Å².